The van der Waals surface area contributed by atoms with Crippen LogP contribution in [0.3, 0.4) is 0 Å². The second-order valence-corrected chi connectivity index (χ2v) is 4.32. The maximum atomic E-state index is 11.0. The number of benzene rings is 1. The first kappa shape index (κ1) is 14.0. The molecular formula is C12H16BrNO3. The Bertz CT molecular complexity index is 407. The van der Waals surface area contributed by atoms with Gasteiger partial charge in [0.2, 0.25) is 0 Å². The zero-order valence-electron chi connectivity index (χ0n) is 10.2. The van der Waals surface area contributed by atoms with Crippen LogP contribution in [0.4, 0.5) is 0 Å². The molecule has 1 aromatic rings. The fourth-order valence-corrected chi connectivity index (χ4v) is 2.29. The van der Waals surface area contributed by atoms with Gasteiger partial charge < -0.3 is 14.8 Å². The molecular weight excluding hydrogens is 286 g/mol. The summed E-state index contributed by atoms with van der Waals surface area (Å²) in [5.74, 6) is 1.09. The summed E-state index contributed by atoms with van der Waals surface area (Å²) >= 11 is 3.45. The highest BCUT2D eigenvalue weighted by Gasteiger charge is 2.17. The van der Waals surface area contributed by atoms with Crippen LogP contribution in [0.25, 0.3) is 0 Å². The molecule has 1 N–H and O–H groups in total. The molecule has 0 unspecified atom stereocenters. The zero-order chi connectivity index (χ0) is 12.8. The summed E-state index contributed by atoms with van der Waals surface area (Å²) in [6.45, 7) is 0.818. The Kier molecular flexibility index (Phi) is 5.44. The fourth-order valence-electron chi connectivity index (χ4n) is 1.66. The van der Waals surface area contributed by atoms with Crippen molar-refractivity contribution in [2.45, 2.75) is 6.42 Å². The van der Waals surface area contributed by atoms with Gasteiger partial charge in [-0.15, -0.1) is 0 Å². The predicted molar refractivity (Wildman–Crippen MR) is 70.3 cm³/mol. The van der Waals surface area contributed by atoms with E-state index in [1.54, 1.807) is 13.2 Å². The van der Waals surface area contributed by atoms with Gasteiger partial charge in [-0.1, -0.05) is 15.9 Å². The highest BCUT2D eigenvalue weighted by atomic mass is 79.9. The van der Waals surface area contributed by atoms with Crippen LogP contribution >= 0.6 is 15.9 Å². The van der Waals surface area contributed by atoms with Crippen molar-refractivity contribution >= 4 is 22.2 Å². The minimum absolute atomic E-state index is 0.476. The van der Waals surface area contributed by atoms with Crippen molar-refractivity contribution in [3.63, 3.8) is 0 Å². The molecule has 0 bridgehead atoms. The van der Waals surface area contributed by atoms with E-state index in [0.717, 1.165) is 29.3 Å². The molecule has 1 aromatic carbocycles. The smallest absolute Gasteiger partial charge is 0.171 e. The third-order valence-electron chi connectivity index (χ3n) is 2.47. The summed E-state index contributed by atoms with van der Waals surface area (Å²) in [5, 5.41) is 3.07. The number of likely N-dealkylation sites (N-methyl/N-ethyl adjacent to an activating group) is 1. The number of hydrogen-bond donors (Lipinski definition) is 1. The lowest BCUT2D eigenvalue weighted by molar-refractivity contribution is 0.112. The number of aldehydes is 1. The first-order valence-electron chi connectivity index (χ1n) is 5.22. The summed E-state index contributed by atoms with van der Waals surface area (Å²) in [6.07, 6.45) is 1.55. The molecule has 0 saturated heterocycles. The lowest BCUT2D eigenvalue weighted by Crippen LogP contribution is -2.12. The van der Waals surface area contributed by atoms with E-state index in [1.807, 2.05) is 7.05 Å². The van der Waals surface area contributed by atoms with Gasteiger partial charge in [0.1, 0.15) is 0 Å². The Labute approximate surface area is 109 Å². The molecule has 0 heterocycles. The number of carbonyl (C=O) groups excluding carboxylic acids is 1. The molecule has 0 spiro atoms. The molecule has 0 amide bonds. The van der Waals surface area contributed by atoms with Crippen LogP contribution < -0.4 is 14.8 Å². The van der Waals surface area contributed by atoms with Crippen molar-refractivity contribution in [1.82, 2.24) is 5.32 Å². The van der Waals surface area contributed by atoms with Crippen LogP contribution in [0.1, 0.15) is 15.9 Å². The Morgan fingerprint density at radius 1 is 1.35 bits per heavy atom. The number of methoxy groups -OCH3 is 2. The van der Waals surface area contributed by atoms with E-state index in [4.69, 9.17) is 9.47 Å². The highest BCUT2D eigenvalue weighted by Crippen LogP contribution is 2.38. The first-order chi connectivity index (χ1) is 8.19. The Hall–Kier alpha value is -1.07. The maximum Gasteiger partial charge on any atom is 0.171 e. The third-order valence-corrected chi connectivity index (χ3v) is 3.18. The van der Waals surface area contributed by atoms with E-state index in [2.05, 4.69) is 21.2 Å². The van der Waals surface area contributed by atoms with Gasteiger partial charge in [-0.05, 0) is 26.1 Å². The quantitative estimate of drug-likeness (QED) is 0.817. The SMILES string of the molecule is CNCCc1c(Br)cc(C=O)c(OC)c1OC. The zero-order valence-corrected chi connectivity index (χ0v) is 11.8. The number of halogens is 1. The molecule has 0 aliphatic heterocycles. The van der Waals surface area contributed by atoms with Gasteiger partial charge in [0.15, 0.2) is 17.8 Å². The van der Waals surface area contributed by atoms with Crippen molar-refractivity contribution in [1.29, 1.82) is 0 Å². The summed E-state index contributed by atoms with van der Waals surface area (Å²) in [6, 6.07) is 1.75. The van der Waals surface area contributed by atoms with Gasteiger partial charge in [-0.2, -0.15) is 0 Å². The van der Waals surface area contributed by atoms with Crippen molar-refractivity contribution < 1.29 is 14.3 Å². The van der Waals surface area contributed by atoms with Crippen LogP contribution in [0.15, 0.2) is 10.5 Å². The maximum absolute atomic E-state index is 11.0. The molecule has 0 saturated carbocycles. The molecule has 0 fully saturated rings. The molecule has 1 rings (SSSR count). The second-order valence-electron chi connectivity index (χ2n) is 3.46. The topological polar surface area (TPSA) is 47.6 Å². The summed E-state index contributed by atoms with van der Waals surface area (Å²) < 4.78 is 11.4. The molecule has 5 heteroatoms. The standard InChI is InChI=1S/C12H16BrNO3/c1-14-5-4-9-10(13)6-8(7-15)11(16-2)12(9)17-3/h6-7,14H,4-5H2,1-3H3. The summed E-state index contributed by atoms with van der Waals surface area (Å²) in [4.78, 5) is 11.0. The van der Waals surface area contributed by atoms with Crippen LogP contribution in [-0.4, -0.2) is 34.1 Å². The van der Waals surface area contributed by atoms with Crippen molar-refractivity contribution in [2.24, 2.45) is 0 Å². The number of carbonyl (C=O) groups is 1. The fraction of sp³-hybridized carbons (Fsp3) is 0.417. The molecule has 0 aromatic heterocycles. The first-order valence-corrected chi connectivity index (χ1v) is 6.02. The third kappa shape index (κ3) is 2.98. The molecule has 0 aliphatic carbocycles. The van der Waals surface area contributed by atoms with Crippen LogP contribution in [-0.2, 0) is 6.42 Å². The van der Waals surface area contributed by atoms with E-state index >= 15 is 0 Å². The largest absolute Gasteiger partial charge is 0.493 e. The average Bonchev–Trinajstić information content (AvgIpc) is 2.35. The molecule has 17 heavy (non-hydrogen) atoms. The Morgan fingerprint density at radius 2 is 2.00 bits per heavy atom. The number of rotatable bonds is 6. The molecule has 0 radical (unpaired) electrons. The van der Waals surface area contributed by atoms with Gasteiger partial charge in [-0.3, -0.25) is 4.79 Å². The van der Waals surface area contributed by atoms with Crippen LogP contribution in [0, 0.1) is 0 Å². The minimum Gasteiger partial charge on any atom is -0.493 e. The normalized spacial score (nSPS) is 10.1. The molecule has 94 valence electrons. The van der Waals surface area contributed by atoms with Gasteiger partial charge in [0, 0.05) is 10.0 Å². The molecule has 0 aliphatic rings. The summed E-state index contributed by atoms with van der Waals surface area (Å²) in [7, 11) is 4.99. The lowest BCUT2D eigenvalue weighted by atomic mass is 10.1. The van der Waals surface area contributed by atoms with Crippen molar-refractivity contribution in [3.05, 3.63) is 21.7 Å². The second kappa shape index (κ2) is 6.61. The Balaban J connectivity index is 3.32. The monoisotopic (exact) mass is 301 g/mol. The van der Waals surface area contributed by atoms with E-state index in [9.17, 15) is 4.79 Å². The van der Waals surface area contributed by atoms with Gasteiger partial charge in [-0.25, -0.2) is 0 Å². The lowest BCUT2D eigenvalue weighted by Gasteiger charge is -2.16. The van der Waals surface area contributed by atoms with Gasteiger partial charge >= 0.3 is 0 Å². The molecule has 4 nitrogen and oxygen atoms in total. The average molecular weight is 302 g/mol. The minimum atomic E-state index is 0.476. The van der Waals surface area contributed by atoms with E-state index in [0.29, 0.717) is 17.1 Å². The van der Waals surface area contributed by atoms with Crippen molar-refractivity contribution in [2.75, 3.05) is 27.8 Å². The van der Waals surface area contributed by atoms with E-state index < -0.39 is 0 Å². The van der Waals surface area contributed by atoms with Gasteiger partial charge in [0.05, 0.1) is 19.8 Å². The highest BCUT2D eigenvalue weighted by molar-refractivity contribution is 9.10. The van der Waals surface area contributed by atoms with Crippen LogP contribution in [0.2, 0.25) is 0 Å². The van der Waals surface area contributed by atoms with E-state index in [1.165, 1.54) is 7.11 Å². The van der Waals surface area contributed by atoms with E-state index in [-0.39, 0.29) is 0 Å². The van der Waals surface area contributed by atoms with Crippen molar-refractivity contribution in [3.8, 4) is 11.5 Å². The van der Waals surface area contributed by atoms with Crippen LogP contribution in [0.5, 0.6) is 11.5 Å². The number of hydrogen-bond acceptors (Lipinski definition) is 4. The van der Waals surface area contributed by atoms with Gasteiger partial charge in [0.25, 0.3) is 0 Å². The number of ether oxygens (including phenoxy) is 2. The molecule has 0 atom stereocenters. The number of nitrogens with one attached hydrogen (secondary N) is 1. The predicted octanol–water partition coefficient (Wildman–Crippen LogP) is 2.04. The Morgan fingerprint density at radius 3 is 2.47 bits per heavy atom. The summed E-state index contributed by atoms with van der Waals surface area (Å²) in [5.41, 5.74) is 1.47.